The van der Waals surface area contributed by atoms with Crippen LogP contribution in [0.1, 0.15) is 5.56 Å². The summed E-state index contributed by atoms with van der Waals surface area (Å²) in [6, 6.07) is 9.19. The third kappa shape index (κ3) is 3.52. The van der Waals surface area contributed by atoms with Crippen LogP contribution in [-0.2, 0) is 0 Å². The van der Waals surface area contributed by atoms with Crippen LogP contribution in [0.15, 0.2) is 48.9 Å². The van der Waals surface area contributed by atoms with Gasteiger partial charge in [-0.1, -0.05) is 6.07 Å². The molecule has 0 aliphatic rings. The molecule has 3 rings (SSSR count). The number of hydrogen-bond donors (Lipinski definition) is 2. The fourth-order valence-corrected chi connectivity index (χ4v) is 2.08. The fourth-order valence-electron chi connectivity index (χ4n) is 2.08. The summed E-state index contributed by atoms with van der Waals surface area (Å²) in [5.41, 5.74) is 7.52. The van der Waals surface area contributed by atoms with Gasteiger partial charge in [0.1, 0.15) is 11.5 Å². The van der Waals surface area contributed by atoms with Crippen molar-refractivity contribution in [2.75, 3.05) is 18.2 Å². The molecule has 7 nitrogen and oxygen atoms in total. The summed E-state index contributed by atoms with van der Waals surface area (Å²) in [5, 5.41) is 3.05. The molecule has 0 saturated heterocycles. The van der Waals surface area contributed by atoms with Gasteiger partial charge in [0.05, 0.1) is 19.0 Å². The average Bonchev–Trinajstić information content (AvgIpc) is 2.60. The molecular formula is C17H17N5O2. The Morgan fingerprint density at radius 3 is 2.58 bits per heavy atom. The van der Waals surface area contributed by atoms with Crippen molar-refractivity contribution < 1.29 is 9.47 Å². The number of methoxy groups -OCH3 is 1. The predicted molar refractivity (Wildman–Crippen MR) is 91.8 cm³/mol. The Morgan fingerprint density at radius 2 is 1.88 bits per heavy atom. The number of nitrogens with two attached hydrogens (primary N) is 1. The molecule has 3 N–H and O–H groups in total. The summed E-state index contributed by atoms with van der Waals surface area (Å²) in [7, 11) is 1.63. The minimum Gasteiger partial charge on any atom is -0.496 e. The standard InChI is InChI=1S/C17H17N5O2/c1-11-3-5-13(9-14(11)23-2)24-15-6-4-12(10-21-15)22-17-16(18)19-7-8-20-17/h3-10H,1-2H3,(H2,18,19)(H,20,22). The van der Waals surface area contributed by atoms with E-state index >= 15 is 0 Å². The second-order valence-corrected chi connectivity index (χ2v) is 5.03. The van der Waals surface area contributed by atoms with Gasteiger partial charge in [0.25, 0.3) is 0 Å². The number of nitrogens with zero attached hydrogens (tertiary/aromatic N) is 3. The number of nitrogen functional groups attached to an aromatic ring is 1. The van der Waals surface area contributed by atoms with Crippen molar-refractivity contribution >= 4 is 17.3 Å². The van der Waals surface area contributed by atoms with E-state index in [-0.39, 0.29) is 0 Å². The first kappa shape index (κ1) is 15.5. The Morgan fingerprint density at radius 1 is 1.04 bits per heavy atom. The number of rotatable bonds is 5. The highest BCUT2D eigenvalue weighted by molar-refractivity contribution is 5.64. The van der Waals surface area contributed by atoms with E-state index in [1.165, 1.54) is 6.20 Å². The molecule has 0 unspecified atom stereocenters. The van der Waals surface area contributed by atoms with Crippen molar-refractivity contribution in [1.29, 1.82) is 0 Å². The number of aromatic nitrogens is 3. The molecule has 0 aliphatic carbocycles. The highest BCUT2D eigenvalue weighted by atomic mass is 16.5. The van der Waals surface area contributed by atoms with Gasteiger partial charge in [-0.25, -0.2) is 15.0 Å². The first-order valence-corrected chi connectivity index (χ1v) is 7.28. The van der Waals surface area contributed by atoms with Gasteiger partial charge >= 0.3 is 0 Å². The Kier molecular flexibility index (Phi) is 4.42. The molecule has 0 atom stereocenters. The van der Waals surface area contributed by atoms with Crippen LogP contribution in [-0.4, -0.2) is 22.1 Å². The SMILES string of the molecule is COc1cc(Oc2ccc(Nc3nccnc3N)cn2)ccc1C. The van der Waals surface area contributed by atoms with Crippen LogP contribution in [0.4, 0.5) is 17.3 Å². The van der Waals surface area contributed by atoms with Crippen molar-refractivity contribution in [3.8, 4) is 17.4 Å². The molecule has 7 heteroatoms. The van der Waals surface area contributed by atoms with Gasteiger partial charge in [0.2, 0.25) is 5.88 Å². The van der Waals surface area contributed by atoms with Crippen molar-refractivity contribution in [2.45, 2.75) is 6.92 Å². The summed E-state index contributed by atoms with van der Waals surface area (Å²) in [6.07, 6.45) is 4.73. The molecule has 0 radical (unpaired) electrons. The van der Waals surface area contributed by atoms with Crippen LogP contribution in [0.5, 0.6) is 17.4 Å². The van der Waals surface area contributed by atoms with Gasteiger partial charge < -0.3 is 20.5 Å². The van der Waals surface area contributed by atoms with Crippen molar-refractivity contribution in [2.24, 2.45) is 0 Å². The van der Waals surface area contributed by atoms with Gasteiger partial charge in [-0.15, -0.1) is 0 Å². The van der Waals surface area contributed by atoms with Gasteiger partial charge in [0, 0.05) is 24.5 Å². The minimum absolute atomic E-state index is 0.324. The lowest BCUT2D eigenvalue weighted by molar-refractivity contribution is 0.404. The monoisotopic (exact) mass is 323 g/mol. The topological polar surface area (TPSA) is 95.2 Å². The van der Waals surface area contributed by atoms with Gasteiger partial charge in [-0.05, 0) is 24.6 Å². The van der Waals surface area contributed by atoms with Crippen LogP contribution < -0.4 is 20.5 Å². The van der Waals surface area contributed by atoms with Crippen LogP contribution in [0.25, 0.3) is 0 Å². The number of anilines is 3. The average molecular weight is 323 g/mol. The zero-order valence-electron chi connectivity index (χ0n) is 13.4. The van der Waals surface area contributed by atoms with Crippen LogP contribution in [0.3, 0.4) is 0 Å². The summed E-state index contributed by atoms with van der Waals surface area (Å²) in [5.74, 6) is 2.70. The number of aryl methyl sites for hydroxylation is 1. The molecule has 0 amide bonds. The Hall–Kier alpha value is -3.35. The fraction of sp³-hybridized carbons (Fsp3) is 0.118. The third-order valence-corrected chi connectivity index (χ3v) is 3.33. The van der Waals surface area contributed by atoms with E-state index in [9.17, 15) is 0 Å². The molecule has 122 valence electrons. The second-order valence-electron chi connectivity index (χ2n) is 5.03. The predicted octanol–water partition coefficient (Wildman–Crippen LogP) is 3.31. The van der Waals surface area contributed by atoms with Crippen molar-refractivity contribution in [3.63, 3.8) is 0 Å². The molecule has 2 heterocycles. The smallest absolute Gasteiger partial charge is 0.219 e. The molecule has 0 spiro atoms. The van der Waals surface area contributed by atoms with Gasteiger partial charge in [-0.2, -0.15) is 0 Å². The number of hydrogen-bond acceptors (Lipinski definition) is 7. The minimum atomic E-state index is 0.324. The van der Waals surface area contributed by atoms with E-state index in [2.05, 4.69) is 20.3 Å². The molecule has 2 aromatic heterocycles. The zero-order chi connectivity index (χ0) is 16.9. The van der Waals surface area contributed by atoms with Crippen LogP contribution in [0, 0.1) is 6.92 Å². The summed E-state index contributed by atoms with van der Waals surface area (Å²) in [6.45, 7) is 1.97. The molecule has 0 saturated carbocycles. The number of pyridine rings is 1. The molecule has 0 fully saturated rings. The molecular weight excluding hydrogens is 306 g/mol. The maximum Gasteiger partial charge on any atom is 0.219 e. The summed E-state index contributed by atoms with van der Waals surface area (Å²) in [4.78, 5) is 12.4. The van der Waals surface area contributed by atoms with Gasteiger partial charge in [-0.3, -0.25) is 0 Å². The Balaban J connectivity index is 1.72. The highest BCUT2D eigenvalue weighted by Gasteiger charge is 2.05. The first-order valence-electron chi connectivity index (χ1n) is 7.28. The molecule has 1 aromatic carbocycles. The zero-order valence-corrected chi connectivity index (χ0v) is 13.4. The third-order valence-electron chi connectivity index (χ3n) is 3.33. The van der Waals surface area contributed by atoms with Crippen LogP contribution >= 0.6 is 0 Å². The molecule has 0 aliphatic heterocycles. The van der Waals surface area contributed by atoms with E-state index < -0.39 is 0 Å². The Bertz CT molecular complexity index is 837. The van der Waals surface area contributed by atoms with E-state index in [0.29, 0.717) is 23.3 Å². The number of nitrogens with one attached hydrogen (secondary N) is 1. The molecule has 0 bridgehead atoms. The Labute approximate surface area is 139 Å². The van der Waals surface area contributed by atoms with E-state index in [1.807, 2.05) is 31.2 Å². The maximum atomic E-state index is 5.75. The van der Waals surface area contributed by atoms with E-state index in [0.717, 1.165) is 17.0 Å². The number of ether oxygens (including phenoxy) is 2. The summed E-state index contributed by atoms with van der Waals surface area (Å²) >= 11 is 0. The van der Waals surface area contributed by atoms with Crippen molar-refractivity contribution in [3.05, 3.63) is 54.5 Å². The largest absolute Gasteiger partial charge is 0.496 e. The normalized spacial score (nSPS) is 10.2. The second kappa shape index (κ2) is 6.82. The number of benzene rings is 1. The molecule has 24 heavy (non-hydrogen) atoms. The van der Waals surface area contributed by atoms with Crippen molar-refractivity contribution in [1.82, 2.24) is 15.0 Å². The van der Waals surface area contributed by atoms with E-state index in [4.69, 9.17) is 15.2 Å². The quantitative estimate of drug-likeness (QED) is 0.743. The van der Waals surface area contributed by atoms with Gasteiger partial charge in [0.15, 0.2) is 11.6 Å². The van der Waals surface area contributed by atoms with Crippen LogP contribution in [0.2, 0.25) is 0 Å². The maximum absolute atomic E-state index is 5.75. The highest BCUT2D eigenvalue weighted by Crippen LogP contribution is 2.27. The lowest BCUT2D eigenvalue weighted by Crippen LogP contribution is -2.01. The first-order chi connectivity index (χ1) is 11.7. The summed E-state index contributed by atoms with van der Waals surface area (Å²) < 4.78 is 11.0. The lowest BCUT2D eigenvalue weighted by Gasteiger charge is -2.10. The molecule has 3 aromatic rings. The lowest BCUT2D eigenvalue weighted by atomic mass is 10.2. The van der Waals surface area contributed by atoms with E-state index in [1.54, 1.807) is 25.6 Å².